The normalized spacial score (nSPS) is 18.6. The number of allylic oxidation sites excluding steroid dienone is 3. The van der Waals surface area contributed by atoms with Gasteiger partial charge in [0.1, 0.15) is 11.5 Å². The molecule has 6 heteroatoms. The SMILES string of the molecule is COc1ccc([C@H]2CC(=O)C3=C(C2)NC(C)=C(C(=O)OCCc2ccccc2)[C@H]3c2ccccc2OC(C)C)cc1. The van der Waals surface area contributed by atoms with Crippen molar-refractivity contribution in [1.29, 1.82) is 0 Å². The Labute approximate surface area is 242 Å². The molecule has 0 fully saturated rings. The molecule has 0 aromatic heterocycles. The van der Waals surface area contributed by atoms with E-state index < -0.39 is 11.9 Å². The van der Waals surface area contributed by atoms with Crippen molar-refractivity contribution in [2.24, 2.45) is 0 Å². The molecule has 0 unspecified atom stereocenters. The number of methoxy groups -OCH3 is 1. The van der Waals surface area contributed by atoms with Gasteiger partial charge in [0.15, 0.2) is 5.78 Å². The number of esters is 1. The lowest BCUT2D eigenvalue weighted by Gasteiger charge is -2.37. The van der Waals surface area contributed by atoms with Gasteiger partial charge in [0.05, 0.1) is 31.3 Å². The van der Waals surface area contributed by atoms with Gasteiger partial charge in [0, 0.05) is 35.4 Å². The Morgan fingerprint density at radius 1 is 0.951 bits per heavy atom. The minimum Gasteiger partial charge on any atom is -0.497 e. The maximum absolute atomic E-state index is 14.0. The summed E-state index contributed by atoms with van der Waals surface area (Å²) in [5.74, 6) is 0.471. The zero-order valence-corrected chi connectivity index (χ0v) is 24.1. The summed E-state index contributed by atoms with van der Waals surface area (Å²) in [4.78, 5) is 27.7. The predicted molar refractivity (Wildman–Crippen MR) is 159 cm³/mol. The number of benzene rings is 3. The first-order chi connectivity index (χ1) is 19.9. The van der Waals surface area contributed by atoms with Crippen LogP contribution in [0, 0.1) is 0 Å². The van der Waals surface area contributed by atoms with E-state index in [4.69, 9.17) is 14.2 Å². The lowest BCUT2D eigenvalue weighted by Crippen LogP contribution is -2.36. The molecule has 1 aliphatic heterocycles. The van der Waals surface area contributed by atoms with Gasteiger partial charge in [0.2, 0.25) is 0 Å². The number of hydrogen-bond acceptors (Lipinski definition) is 6. The third kappa shape index (κ3) is 6.22. The molecule has 0 saturated carbocycles. The lowest BCUT2D eigenvalue weighted by atomic mass is 9.71. The Bertz CT molecular complexity index is 1470. The van der Waals surface area contributed by atoms with Crippen LogP contribution in [0.5, 0.6) is 11.5 Å². The van der Waals surface area contributed by atoms with Gasteiger partial charge in [-0.25, -0.2) is 4.79 Å². The van der Waals surface area contributed by atoms with Crippen molar-refractivity contribution in [3.05, 3.63) is 118 Å². The maximum atomic E-state index is 14.0. The summed E-state index contributed by atoms with van der Waals surface area (Å²) < 4.78 is 17.3. The number of ketones is 1. The highest BCUT2D eigenvalue weighted by molar-refractivity contribution is 6.04. The van der Waals surface area contributed by atoms with Crippen LogP contribution in [0.4, 0.5) is 0 Å². The van der Waals surface area contributed by atoms with Crippen LogP contribution in [-0.2, 0) is 20.7 Å². The minimum absolute atomic E-state index is 0.0194. The topological polar surface area (TPSA) is 73.9 Å². The zero-order chi connectivity index (χ0) is 28.9. The van der Waals surface area contributed by atoms with Gasteiger partial charge >= 0.3 is 5.97 Å². The maximum Gasteiger partial charge on any atom is 0.336 e. The number of rotatable bonds is 9. The van der Waals surface area contributed by atoms with Crippen molar-refractivity contribution in [3.63, 3.8) is 0 Å². The van der Waals surface area contributed by atoms with Gasteiger partial charge in [-0.05, 0) is 62.4 Å². The highest BCUT2D eigenvalue weighted by Crippen LogP contribution is 2.48. The number of para-hydroxylation sites is 1. The molecule has 0 amide bonds. The van der Waals surface area contributed by atoms with Crippen LogP contribution in [-0.4, -0.2) is 31.6 Å². The molecule has 3 aromatic carbocycles. The molecule has 6 nitrogen and oxygen atoms in total. The zero-order valence-electron chi connectivity index (χ0n) is 24.1. The fourth-order valence-electron chi connectivity index (χ4n) is 5.80. The summed E-state index contributed by atoms with van der Waals surface area (Å²) in [5, 5.41) is 3.44. The molecule has 5 rings (SSSR count). The third-order valence-corrected chi connectivity index (χ3v) is 7.69. The lowest BCUT2D eigenvalue weighted by molar-refractivity contribution is -0.139. The summed E-state index contributed by atoms with van der Waals surface area (Å²) in [6, 6.07) is 25.5. The smallest absolute Gasteiger partial charge is 0.336 e. The van der Waals surface area contributed by atoms with Gasteiger partial charge in [0.25, 0.3) is 0 Å². The monoisotopic (exact) mass is 551 g/mol. The second kappa shape index (κ2) is 12.5. The Balaban J connectivity index is 1.50. The molecule has 0 spiro atoms. The summed E-state index contributed by atoms with van der Waals surface area (Å²) in [7, 11) is 1.64. The molecule has 1 N–H and O–H groups in total. The molecule has 41 heavy (non-hydrogen) atoms. The number of nitrogens with one attached hydrogen (secondary N) is 1. The molecular formula is C35H37NO5. The Morgan fingerprint density at radius 2 is 1.66 bits per heavy atom. The third-order valence-electron chi connectivity index (χ3n) is 7.69. The predicted octanol–water partition coefficient (Wildman–Crippen LogP) is 6.63. The molecule has 1 aliphatic carbocycles. The van der Waals surface area contributed by atoms with Crippen LogP contribution in [0.2, 0.25) is 0 Å². The van der Waals surface area contributed by atoms with Crippen LogP contribution < -0.4 is 14.8 Å². The van der Waals surface area contributed by atoms with E-state index in [9.17, 15) is 9.59 Å². The summed E-state index contributed by atoms with van der Waals surface area (Å²) >= 11 is 0. The number of carbonyl (C=O) groups excluding carboxylic acids is 2. The van der Waals surface area contributed by atoms with E-state index in [0.717, 1.165) is 28.1 Å². The average Bonchev–Trinajstić information content (AvgIpc) is 2.97. The molecule has 0 radical (unpaired) electrons. The Hall–Kier alpha value is -4.32. The highest BCUT2D eigenvalue weighted by Gasteiger charge is 2.42. The van der Waals surface area contributed by atoms with Crippen molar-refractivity contribution < 1.29 is 23.8 Å². The molecule has 1 heterocycles. The molecular weight excluding hydrogens is 514 g/mol. The molecule has 0 bridgehead atoms. The average molecular weight is 552 g/mol. The summed E-state index contributed by atoms with van der Waals surface area (Å²) in [5.41, 5.74) is 5.59. The van der Waals surface area contributed by atoms with Crippen molar-refractivity contribution in [2.75, 3.05) is 13.7 Å². The van der Waals surface area contributed by atoms with Gasteiger partial charge in [-0.2, -0.15) is 0 Å². The van der Waals surface area contributed by atoms with Crippen LogP contribution in [0.3, 0.4) is 0 Å². The fraction of sp³-hybridized carbons (Fsp3) is 0.314. The summed E-state index contributed by atoms with van der Waals surface area (Å²) in [6.45, 7) is 6.07. The van der Waals surface area contributed by atoms with Crippen molar-refractivity contribution >= 4 is 11.8 Å². The second-order valence-electron chi connectivity index (χ2n) is 10.9. The first-order valence-corrected chi connectivity index (χ1v) is 14.2. The van der Waals surface area contributed by atoms with Crippen LogP contribution in [0.15, 0.2) is 101 Å². The van der Waals surface area contributed by atoms with E-state index >= 15 is 0 Å². The van der Waals surface area contributed by atoms with E-state index in [-0.39, 0.29) is 24.4 Å². The molecule has 3 aromatic rings. The van der Waals surface area contributed by atoms with Gasteiger partial charge in [-0.1, -0.05) is 60.7 Å². The van der Waals surface area contributed by atoms with Gasteiger partial charge < -0.3 is 19.5 Å². The Morgan fingerprint density at radius 3 is 2.37 bits per heavy atom. The van der Waals surface area contributed by atoms with Gasteiger partial charge in [-0.3, -0.25) is 4.79 Å². The fourth-order valence-corrected chi connectivity index (χ4v) is 5.80. The van der Waals surface area contributed by atoms with E-state index in [0.29, 0.717) is 41.9 Å². The van der Waals surface area contributed by atoms with Crippen LogP contribution in [0.1, 0.15) is 62.1 Å². The summed E-state index contributed by atoms with van der Waals surface area (Å²) in [6.07, 6.45) is 1.55. The molecule has 0 saturated heterocycles. The molecule has 2 aliphatic rings. The quantitative estimate of drug-likeness (QED) is 0.301. The van der Waals surface area contributed by atoms with Gasteiger partial charge in [-0.15, -0.1) is 0 Å². The number of carbonyl (C=O) groups is 2. The van der Waals surface area contributed by atoms with E-state index in [1.54, 1.807) is 7.11 Å². The number of dihydropyridines is 1. The Kier molecular flexibility index (Phi) is 8.58. The van der Waals surface area contributed by atoms with Crippen molar-refractivity contribution in [1.82, 2.24) is 5.32 Å². The van der Waals surface area contributed by atoms with E-state index in [2.05, 4.69) is 5.32 Å². The van der Waals surface area contributed by atoms with Crippen molar-refractivity contribution in [2.45, 2.75) is 58.0 Å². The molecule has 2 atom stereocenters. The van der Waals surface area contributed by atoms with E-state index in [1.165, 1.54) is 0 Å². The minimum atomic E-state index is -0.588. The first-order valence-electron chi connectivity index (χ1n) is 14.2. The van der Waals surface area contributed by atoms with Crippen LogP contribution in [0.25, 0.3) is 0 Å². The second-order valence-corrected chi connectivity index (χ2v) is 10.9. The number of hydrogen-bond donors (Lipinski definition) is 1. The largest absolute Gasteiger partial charge is 0.497 e. The molecule has 212 valence electrons. The highest BCUT2D eigenvalue weighted by atomic mass is 16.5. The van der Waals surface area contributed by atoms with Crippen molar-refractivity contribution in [3.8, 4) is 11.5 Å². The first kappa shape index (κ1) is 28.2. The van der Waals surface area contributed by atoms with Crippen LogP contribution >= 0.6 is 0 Å². The number of ether oxygens (including phenoxy) is 3. The van der Waals surface area contributed by atoms with E-state index in [1.807, 2.05) is 99.6 Å². The number of Topliss-reactive ketones (excluding diaryl/α,β-unsaturated/α-hetero) is 1. The standard InChI is InChI=1S/C35H37NO5/c1-22(2)41-31-13-9-8-12-28(31)33-32(35(38)40-19-18-24-10-6-5-7-11-24)23(3)36-29-20-26(21-30(37)34(29)33)25-14-16-27(39-4)17-15-25/h5-17,22,26,33,36H,18-21H2,1-4H3/t26-,33-/m1/s1.